The number of hydrogen-bond donors (Lipinski definition) is 0. The van der Waals surface area contributed by atoms with Crippen LogP contribution in [0, 0.1) is 5.92 Å². The second kappa shape index (κ2) is 6.00. The maximum absolute atomic E-state index is 12.3. The Bertz CT molecular complexity index is 436. The largest absolute Gasteiger partial charge is 0.447 e. The van der Waals surface area contributed by atoms with E-state index in [1.54, 1.807) is 4.74 Å². The van der Waals surface area contributed by atoms with Crippen LogP contribution in [-0.2, 0) is 9.53 Å². The third-order valence-electron chi connectivity index (χ3n) is 2.34. The van der Waals surface area contributed by atoms with E-state index in [9.17, 15) is 70.7 Å². The monoisotopic (exact) mass is 414 g/mol. The first kappa shape index (κ1) is 23.4. The van der Waals surface area contributed by atoms with E-state index < -0.39 is 48.4 Å². The van der Waals surface area contributed by atoms with Crippen molar-refractivity contribution in [3.63, 3.8) is 0 Å². The van der Waals surface area contributed by atoms with Crippen molar-refractivity contribution < 1.29 is 75.4 Å². The maximum Gasteiger partial charge on any atom is 0.447 e. The first-order chi connectivity index (χ1) is 10.5. The SMILES string of the molecule is O=C(OC(C(F)(F)F)(C(F)(F)F)C(F)(F)F)C(C(F)(F)F)C(F)(F)F. The molecule has 0 rings (SSSR count). The smallest absolute Gasteiger partial charge is 0.431 e. The first-order valence-corrected chi connectivity index (χ1v) is 5.06. The number of hydrogen-bond acceptors (Lipinski definition) is 2. The minimum Gasteiger partial charge on any atom is -0.431 e. The lowest BCUT2D eigenvalue weighted by Crippen LogP contribution is -2.69. The summed E-state index contributed by atoms with van der Waals surface area (Å²) < 4.78 is 185. The van der Waals surface area contributed by atoms with Crippen molar-refractivity contribution in [2.24, 2.45) is 5.92 Å². The fourth-order valence-electron chi connectivity index (χ4n) is 1.32. The van der Waals surface area contributed by atoms with Crippen molar-refractivity contribution in [3.8, 4) is 0 Å². The van der Waals surface area contributed by atoms with E-state index in [0.717, 1.165) is 0 Å². The van der Waals surface area contributed by atoms with Gasteiger partial charge in [0, 0.05) is 0 Å². The Morgan fingerprint density at radius 1 is 0.560 bits per heavy atom. The standard InChI is InChI=1S/C8HF15O2/c9-3(10,11)1(4(12,13)14)2(24)25-5(6(15,16)17,7(18,19)20)8(21,22)23/h1H. The van der Waals surface area contributed by atoms with Crippen molar-refractivity contribution in [2.75, 3.05) is 0 Å². The lowest BCUT2D eigenvalue weighted by molar-refractivity contribution is -0.449. The molecule has 0 aliphatic heterocycles. The summed E-state index contributed by atoms with van der Waals surface area (Å²) in [6.45, 7) is 0. The highest BCUT2D eigenvalue weighted by Gasteiger charge is 2.88. The summed E-state index contributed by atoms with van der Waals surface area (Å²) in [5.74, 6) is -10.2. The van der Waals surface area contributed by atoms with Gasteiger partial charge in [-0.2, -0.15) is 65.9 Å². The van der Waals surface area contributed by atoms with Crippen molar-refractivity contribution in [1.29, 1.82) is 0 Å². The molecule has 0 spiro atoms. The van der Waals surface area contributed by atoms with E-state index in [-0.39, 0.29) is 0 Å². The molecule has 0 saturated heterocycles. The quantitative estimate of drug-likeness (QED) is 0.484. The molecule has 0 radical (unpaired) electrons. The van der Waals surface area contributed by atoms with Crippen molar-refractivity contribution in [3.05, 3.63) is 0 Å². The molecule has 0 atom stereocenters. The van der Waals surface area contributed by atoms with Gasteiger partial charge >= 0.3 is 42.5 Å². The fraction of sp³-hybridized carbons (Fsp3) is 0.875. The summed E-state index contributed by atoms with van der Waals surface area (Å²) in [7, 11) is 0. The van der Waals surface area contributed by atoms with E-state index in [1.165, 1.54) is 0 Å². The highest BCUT2D eigenvalue weighted by molar-refractivity contribution is 5.75. The van der Waals surface area contributed by atoms with E-state index in [4.69, 9.17) is 0 Å². The van der Waals surface area contributed by atoms with Crippen molar-refractivity contribution in [1.82, 2.24) is 0 Å². The zero-order valence-corrected chi connectivity index (χ0v) is 10.6. The van der Waals surface area contributed by atoms with Crippen LogP contribution in [0.3, 0.4) is 0 Å². The van der Waals surface area contributed by atoms with Gasteiger partial charge in [0.2, 0.25) is 5.92 Å². The maximum atomic E-state index is 12.3. The Balaban J connectivity index is 6.46. The number of rotatable bonds is 2. The molecule has 0 aromatic rings. The van der Waals surface area contributed by atoms with Gasteiger partial charge in [-0.05, 0) is 0 Å². The van der Waals surface area contributed by atoms with Gasteiger partial charge in [-0.1, -0.05) is 0 Å². The fourth-order valence-corrected chi connectivity index (χ4v) is 1.32. The van der Waals surface area contributed by atoms with Crippen LogP contribution in [0.2, 0.25) is 0 Å². The summed E-state index contributed by atoms with van der Waals surface area (Å²) in [5, 5.41) is 0. The molecule has 17 heteroatoms. The van der Waals surface area contributed by atoms with Gasteiger partial charge in [-0.3, -0.25) is 4.79 Å². The molecule has 0 aromatic carbocycles. The number of halogens is 15. The second-order valence-electron chi connectivity index (χ2n) is 4.11. The zero-order chi connectivity index (χ0) is 20.9. The third-order valence-corrected chi connectivity index (χ3v) is 2.34. The van der Waals surface area contributed by atoms with Gasteiger partial charge in [-0.15, -0.1) is 0 Å². The summed E-state index contributed by atoms with van der Waals surface area (Å²) in [5.41, 5.74) is -7.60. The molecule has 0 heterocycles. The van der Waals surface area contributed by atoms with Crippen LogP contribution in [0.1, 0.15) is 0 Å². The number of carbonyl (C=O) groups excluding carboxylic acids is 1. The van der Waals surface area contributed by atoms with Crippen LogP contribution in [0.25, 0.3) is 0 Å². The highest BCUT2D eigenvalue weighted by Crippen LogP contribution is 2.56. The zero-order valence-electron chi connectivity index (χ0n) is 10.6. The number of alkyl halides is 15. The molecule has 25 heavy (non-hydrogen) atoms. The molecule has 0 aromatic heterocycles. The Labute approximate surface area is 125 Å². The molecule has 0 bridgehead atoms. The second-order valence-corrected chi connectivity index (χ2v) is 4.11. The molecule has 0 amide bonds. The van der Waals surface area contributed by atoms with E-state index in [2.05, 4.69) is 0 Å². The van der Waals surface area contributed by atoms with Gasteiger partial charge in [0.1, 0.15) is 0 Å². The summed E-state index contributed by atoms with van der Waals surface area (Å²) >= 11 is 0. The lowest BCUT2D eigenvalue weighted by atomic mass is 10.0. The third kappa shape index (κ3) is 4.34. The van der Waals surface area contributed by atoms with Gasteiger partial charge in [0.25, 0.3) is 0 Å². The van der Waals surface area contributed by atoms with Gasteiger partial charge in [-0.25, -0.2) is 0 Å². The minimum absolute atomic E-state index is 1.79. The molecule has 0 unspecified atom stereocenters. The molecule has 2 nitrogen and oxygen atoms in total. The minimum atomic E-state index is -7.68. The lowest BCUT2D eigenvalue weighted by Gasteiger charge is -2.38. The Hall–Kier alpha value is -1.58. The van der Waals surface area contributed by atoms with E-state index >= 15 is 0 Å². The Morgan fingerprint density at radius 3 is 0.960 bits per heavy atom. The van der Waals surface area contributed by atoms with Crippen LogP contribution in [0.15, 0.2) is 0 Å². The molecule has 0 aliphatic carbocycles. The number of carbonyl (C=O) groups is 1. The molecule has 0 N–H and O–H groups in total. The summed E-state index contributed by atoms with van der Waals surface area (Å²) in [4.78, 5) is 10.6. The number of esters is 1. The Morgan fingerprint density at radius 2 is 0.800 bits per heavy atom. The van der Waals surface area contributed by atoms with Crippen LogP contribution in [-0.4, -0.2) is 42.5 Å². The summed E-state index contributed by atoms with van der Waals surface area (Å²) in [6.07, 6.45) is -36.8. The average molecular weight is 414 g/mol. The molecule has 0 aliphatic rings. The Kier molecular flexibility index (Phi) is 5.62. The predicted molar refractivity (Wildman–Crippen MR) is 42.6 cm³/mol. The molecular formula is C8HF15O2. The summed E-state index contributed by atoms with van der Waals surface area (Å²) in [6, 6.07) is 0. The van der Waals surface area contributed by atoms with E-state index in [1.807, 2.05) is 0 Å². The van der Waals surface area contributed by atoms with Gasteiger partial charge < -0.3 is 4.74 Å². The predicted octanol–water partition coefficient (Wildman–Crippen LogP) is 4.70. The highest BCUT2D eigenvalue weighted by atomic mass is 19.4. The van der Waals surface area contributed by atoms with E-state index in [0.29, 0.717) is 0 Å². The van der Waals surface area contributed by atoms with Gasteiger partial charge in [0.15, 0.2) is 0 Å². The molecular weight excluding hydrogens is 413 g/mol. The normalized spacial score (nSPS) is 15.5. The number of ether oxygens (including phenoxy) is 1. The van der Waals surface area contributed by atoms with Gasteiger partial charge in [0.05, 0.1) is 0 Å². The molecule has 0 saturated carbocycles. The molecule has 0 fully saturated rings. The van der Waals surface area contributed by atoms with Crippen LogP contribution < -0.4 is 0 Å². The van der Waals surface area contributed by atoms with Crippen molar-refractivity contribution >= 4 is 5.97 Å². The van der Waals surface area contributed by atoms with Crippen LogP contribution >= 0.6 is 0 Å². The average Bonchev–Trinajstić information content (AvgIpc) is 2.15. The van der Waals surface area contributed by atoms with Crippen LogP contribution in [0.5, 0.6) is 0 Å². The van der Waals surface area contributed by atoms with Crippen LogP contribution in [0.4, 0.5) is 65.9 Å². The molecule has 150 valence electrons. The first-order valence-electron chi connectivity index (χ1n) is 5.06. The van der Waals surface area contributed by atoms with Crippen molar-refractivity contribution in [2.45, 2.75) is 36.5 Å². The topological polar surface area (TPSA) is 26.3 Å².